The molecule has 0 heterocycles. The van der Waals surface area contributed by atoms with Gasteiger partial charge in [-0.3, -0.25) is 14.4 Å². The van der Waals surface area contributed by atoms with Gasteiger partial charge in [0.25, 0.3) is 0 Å². The molecule has 0 spiro atoms. The fraction of sp³-hybridized carbons (Fsp3) is 0.868. The fourth-order valence-electron chi connectivity index (χ4n) is 7.50. The van der Waals surface area contributed by atoms with Crippen LogP contribution in [-0.2, 0) is 28.6 Å². The highest BCUT2D eigenvalue weighted by molar-refractivity contribution is 5.71. The molecule has 0 aliphatic carbocycles. The Hall–Kier alpha value is -2.11. The monoisotopic (exact) mass is 831 g/mol. The number of rotatable bonds is 47. The summed E-state index contributed by atoms with van der Waals surface area (Å²) >= 11 is 0. The molecule has 6 nitrogen and oxygen atoms in total. The molecule has 0 amide bonds. The van der Waals surface area contributed by atoms with E-state index in [2.05, 4.69) is 45.1 Å². The largest absolute Gasteiger partial charge is 0.462 e. The van der Waals surface area contributed by atoms with E-state index in [-0.39, 0.29) is 31.1 Å². The molecule has 0 radical (unpaired) electrons. The third kappa shape index (κ3) is 46.8. The molecule has 6 heteroatoms. The Morgan fingerprint density at radius 1 is 0.322 bits per heavy atom. The summed E-state index contributed by atoms with van der Waals surface area (Å²) in [6, 6.07) is 0. The van der Waals surface area contributed by atoms with E-state index in [0.717, 1.165) is 57.8 Å². The number of hydrogen-bond donors (Lipinski definition) is 0. The first kappa shape index (κ1) is 56.9. The van der Waals surface area contributed by atoms with Crippen LogP contribution in [0.25, 0.3) is 0 Å². The lowest BCUT2D eigenvalue weighted by Gasteiger charge is -2.18. The van der Waals surface area contributed by atoms with Crippen LogP contribution in [0.3, 0.4) is 0 Å². The van der Waals surface area contributed by atoms with Crippen LogP contribution in [0.2, 0.25) is 0 Å². The molecular weight excluding hydrogens is 733 g/mol. The maximum Gasteiger partial charge on any atom is 0.306 e. The molecule has 59 heavy (non-hydrogen) atoms. The molecule has 0 saturated carbocycles. The van der Waals surface area contributed by atoms with E-state index in [0.29, 0.717) is 19.3 Å². The maximum atomic E-state index is 12.8. The summed E-state index contributed by atoms with van der Waals surface area (Å²) in [7, 11) is 0. The Balaban J connectivity index is 4.29. The first-order valence-corrected chi connectivity index (χ1v) is 25.8. The van der Waals surface area contributed by atoms with Crippen molar-refractivity contribution in [2.45, 2.75) is 284 Å². The highest BCUT2D eigenvalue weighted by Crippen LogP contribution is 2.16. The van der Waals surface area contributed by atoms with E-state index in [1.54, 1.807) is 0 Å². The summed E-state index contributed by atoms with van der Waals surface area (Å²) in [5, 5.41) is 0. The SMILES string of the molecule is CCCCCC/C=C\CCCCCCCCCC(=O)OC(COC(=O)CCC/C=C\CCCCCC)COC(=O)CCCCCCCCCCCCCCCCCCC. The molecule has 1 atom stereocenters. The molecule has 0 aromatic carbocycles. The summed E-state index contributed by atoms with van der Waals surface area (Å²) in [5.41, 5.74) is 0. The van der Waals surface area contributed by atoms with E-state index in [9.17, 15) is 14.4 Å². The van der Waals surface area contributed by atoms with Crippen LogP contribution in [0.15, 0.2) is 24.3 Å². The van der Waals surface area contributed by atoms with Gasteiger partial charge in [-0.25, -0.2) is 0 Å². The van der Waals surface area contributed by atoms with Crippen molar-refractivity contribution in [2.24, 2.45) is 0 Å². The first-order chi connectivity index (χ1) is 29.0. The summed E-state index contributed by atoms with van der Waals surface area (Å²) < 4.78 is 16.7. The lowest BCUT2D eigenvalue weighted by molar-refractivity contribution is -0.167. The van der Waals surface area contributed by atoms with E-state index in [4.69, 9.17) is 14.2 Å². The van der Waals surface area contributed by atoms with Crippen molar-refractivity contribution in [3.05, 3.63) is 24.3 Å². The molecule has 0 saturated heterocycles. The molecule has 0 fully saturated rings. The molecule has 0 aromatic heterocycles. The number of ether oxygens (including phenoxy) is 3. The Morgan fingerprint density at radius 2 is 0.576 bits per heavy atom. The number of hydrogen-bond acceptors (Lipinski definition) is 6. The average Bonchev–Trinajstić information content (AvgIpc) is 3.23. The Kier molecular flexibility index (Phi) is 46.8. The minimum Gasteiger partial charge on any atom is -0.462 e. The predicted molar refractivity (Wildman–Crippen MR) is 252 cm³/mol. The Bertz CT molecular complexity index is 958. The second kappa shape index (κ2) is 48.6. The highest BCUT2D eigenvalue weighted by atomic mass is 16.6. The Morgan fingerprint density at radius 3 is 0.932 bits per heavy atom. The van der Waals surface area contributed by atoms with E-state index in [1.165, 1.54) is 180 Å². The normalized spacial score (nSPS) is 12.1. The predicted octanol–water partition coefficient (Wildman–Crippen LogP) is 16.8. The summed E-state index contributed by atoms with van der Waals surface area (Å²) in [5.74, 6) is -0.908. The molecule has 346 valence electrons. The van der Waals surface area contributed by atoms with Crippen LogP contribution in [0, 0.1) is 0 Å². The van der Waals surface area contributed by atoms with Crippen molar-refractivity contribution in [3.63, 3.8) is 0 Å². The van der Waals surface area contributed by atoms with Gasteiger partial charge in [0.2, 0.25) is 0 Å². The molecule has 0 aliphatic heterocycles. The molecule has 0 bridgehead atoms. The standard InChI is InChI=1S/C53H98O6/c1-4-7-10-13-16-19-21-23-25-26-28-29-31-34-37-40-43-46-52(55)58-49-50(48-57-51(54)45-42-39-36-33-18-15-12-9-6-3)59-53(56)47-44-41-38-35-32-30-27-24-22-20-17-14-11-8-5-2/h20,22,33,36,50H,4-19,21,23-32,34-35,37-49H2,1-3H3/b22-20-,36-33-. The van der Waals surface area contributed by atoms with Gasteiger partial charge < -0.3 is 14.2 Å². The molecule has 0 aromatic rings. The van der Waals surface area contributed by atoms with Crippen LogP contribution >= 0.6 is 0 Å². The maximum absolute atomic E-state index is 12.8. The van der Waals surface area contributed by atoms with Crippen LogP contribution in [0.5, 0.6) is 0 Å². The molecule has 0 rings (SSSR count). The number of esters is 3. The third-order valence-corrected chi connectivity index (χ3v) is 11.4. The molecule has 0 aliphatic rings. The first-order valence-electron chi connectivity index (χ1n) is 25.8. The van der Waals surface area contributed by atoms with Crippen molar-refractivity contribution in [3.8, 4) is 0 Å². The van der Waals surface area contributed by atoms with Gasteiger partial charge in [0.05, 0.1) is 0 Å². The zero-order chi connectivity index (χ0) is 43.0. The summed E-state index contributed by atoms with van der Waals surface area (Å²) in [4.78, 5) is 37.8. The van der Waals surface area contributed by atoms with Crippen LogP contribution in [0.4, 0.5) is 0 Å². The molecular formula is C53H98O6. The number of unbranched alkanes of at least 4 members (excludes halogenated alkanes) is 32. The van der Waals surface area contributed by atoms with E-state index < -0.39 is 6.10 Å². The van der Waals surface area contributed by atoms with Crippen molar-refractivity contribution in [2.75, 3.05) is 13.2 Å². The van der Waals surface area contributed by atoms with Gasteiger partial charge in [0, 0.05) is 19.3 Å². The van der Waals surface area contributed by atoms with Gasteiger partial charge in [0.15, 0.2) is 6.10 Å². The van der Waals surface area contributed by atoms with Gasteiger partial charge in [-0.15, -0.1) is 0 Å². The number of carbonyl (C=O) groups is 3. The van der Waals surface area contributed by atoms with E-state index >= 15 is 0 Å². The van der Waals surface area contributed by atoms with Crippen LogP contribution in [0.1, 0.15) is 278 Å². The zero-order valence-electron chi connectivity index (χ0n) is 39.5. The number of allylic oxidation sites excluding steroid dienone is 4. The van der Waals surface area contributed by atoms with Crippen molar-refractivity contribution in [1.29, 1.82) is 0 Å². The van der Waals surface area contributed by atoms with Gasteiger partial charge >= 0.3 is 17.9 Å². The lowest BCUT2D eigenvalue weighted by atomic mass is 10.0. The van der Waals surface area contributed by atoms with Crippen LogP contribution < -0.4 is 0 Å². The lowest BCUT2D eigenvalue weighted by Crippen LogP contribution is -2.30. The second-order valence-electron chi connectivity index (χ2n) is 17.4. The highest BCUT2D eigenvalue weighted by Gasteiger charge is 2.19. The third-order valence-electron chi connectivity index (χ3n) is 11.4. The van der Waals surface area contributed by atoms with Crippen molar-refractivity contribution in [1.82, 2.24) is 0 Å². The van der Waals surface area contributed by atoms with E-state index in [1.807, 2.05) is 0 Å². The summed E-state index contributed by atoms with van der Waals surface area (Å²) in [6.45, 7) is 6.59. The second-order valence-corrected chi connectivity index (χ2v) is 17.4. The zero-order valence-corrected chi connectivity index (χ0v) is 39.5. The fourth-order valence-corrected chi connectivity index (χ4v) is 7.50. The van der Waals surface area contributed by atoms with Crippen LogP contribution in [-0.4, -0.2) is 37.2 Å². The minimum absolute atomic E-state index is 0.0778. The smallest absolute Gasteiger partial charge is 0.306 e. The van der Waals surface area contributed by atoms with Gasteiger partial charge in [0.1, 0.15) is 13.2 Å². The van der Waals surface area contributed by atoms with Gasteiger partial charge in [-0.05, 0) is 64.2 Å². The minimum atomic E-state index is -0.778. The summed E-state index contributed by atoms with van der Waals surface area (Å²) in [6.07, 6.45) is 54.6. The number of carbonyl (C=O) groups excluding carboxylic acids is 3. The molecule has 1 unspecified atom stereocenters. The van der Waals surface area contributed by atoms with Crippen molar-refractivity contribution >= 4 is 17.9 Å². The molecule has 0 N–H and O–H groups in total. The Labute approximate surface area is 366 Å². The average molecular weight is 831 g/mol. The van der Waals surface area contributed by atoms with Crippen molar-refractivity contribution < 1.29 is 28.6 Å². The quantitative estimate of drug-likeness (QED) is 0.0263. The van der Waals surface area contributed by atoms with Gasteiger partial charge in [-0.2, -0.15) is 0 Å². The topological polar surface area (TPSA) is 78.9 Å². The van der Waals surface area contributed by atoms with Gasteiger partial charge in [-0.1, -0.05) is 218 Å².